The van der Waals surface area contributed by atoms with Gasteiger partial charge in [0.1, 0.15) is 11.8 Å². The first-order chi connectivity index (χ1) is 15.7. The second kappa shape index (κ2) is 11.8. The van der Waals surface area contributed by atoms with Crippen LogP contribution in [0.4, 0.5) is 0 Å². The number of hydrogen-bond acceptors (Lipinski definition) is 3. The maximum atomic E-state index is 13.2. The van der Waals surface area contributed by atoms with Gasteiger partial charge in [0.2, 0.25) is 5.91 Å². The Kier molecular flexibility index (Phi) is 9.04. The van der Waals surface area contributed by atoms with Crippen LogP contribution in [0.1, 0.15) is 63.5 Å². The maximum absolute atomic E-state index is 13.2. The van der Waals surface area contributed by atoms with E-state index in [1.807, 2.05) is 30.3 Å². The summed E-state index contributed by atoms with van der Waals surface area (Å²) in [6.07, 6.45) is 4.20. The first kappa shape index (κ1) is 25.4. The summed E-state index contributed by atoms with van der Waals surface area (Å²) in [7, 11) is 0. The number of ether oxygens (including phenoxy) is 1. The summed E-state index contributed by atoms with van der Waals surface area (Å²) in [5, 5.41) is 3.94. The smallest absolute Gasteiger partial charge is 0.261 e. The monoisotopic (exact) mass is 490 g/mol. The molecule has 2 aromatic carbocycles. The van der Waals surface area contributed by atoms with Gasteiger partial charge < -0.3 is 15.0 Å². The summed E-state index contributed by atoms with van der Waals surface area (Å²) in [6.45, 7) is 6.06. The molecular weight excluding hydrogens is 459 g/mol. The number of carbonyl (C=O) groups excluding carboxylic acids is 2. The second-order valence-electron chi connectivity index (χ2n) is 8.95. The molecule has 0 radical (unpaired) electrons. The van der Waals surface area contributed by atoms with Crippen molar-refractivity contribution in [2.45, 2.75) is 71.0 Å². The Balaban J connectivity index is 1.71. The molecule has 0 bridgehead atoms. The zero-order valence-corrected chi connectivity index (χ0v) is 21.0. The van der Waals surface area contributed by atoms with Crippen LogP contribution in [0.15, 0.2) is 42.5 Å². The van der Waals surface area contributed by atoms with Gasteiger partial charge in [0, 0.05) is 12.6 Å². The van der Waals surface area contributed by atoms with Crippen molar-refractivity contribution in [3.05, 3.63) is 63.6 Å². The van der Waals surface area contributed by atoms with Crippen molar-refractivity contribution in [3.8, 4) is 5.75 Å². The molecule has 3 rings (SSSR count). The number of benzene rings is 2. The SMILES string of the molecule is CC(C)c1ccc(OCC(=O)N(Cc2ccc(Cl)c(Cl)c2)[C@@H](C)C(=O)NC2CCCC2)cc1. The Morgan fingerprint density at radius 1 is 1.03 bits per heavy atom. The molecule has 0 aliphatic heterocycles. The largest absolute Gasteiger partial charge is 0.484 e. The fraction of sp³-hybridized carbons (Fsp3) is 0.462. The highest BCUT2D eigenvalue weighted by Crippen LogP contribution is 2.24. The highest BCUT2D eigenvalue weighted by atomic mass is 35.5. The fourth-order valence-electron chi connectivity index (χ4n) is 3.99. The van der Waals surface area contributed by atoms with E-state index >= 15 is 0 Å². The quantitative estimate of drug-likeness (QED) is 0.470. The number of nitrogens with one attached hydrogen (secondary N) is 1. The molecule has 7 heteroatoms. The molecule has 1 saturated carbocycles. The molecule has 33 heavy (non-hydrogen) atoms. The van der Waals surface area contributed by atoms with Crippen LogP contribution in [-0.4, -0.2) is 35.4 Å². The van der Waals surface area contributed by atoms with Crippen molar-refractivity contribution in [3.63, 3.8) is 0 Å². The summed E-state index contributed by atoms with van der Waals surface area (Å²) < 4.78 is 5.76. The van der Waals surface area contributed by atoms with Crippen LogP contribution in [0.25, 0.3) is 0 Å². The van der Waals surface area contributed by atoms with Crippen molar-refractivity contribution in [1.29, 1.82) is 0 Å². The molecule has 0 unspecified atom stereocenters. The van der Waals surface area contributed by atoms with Crippen molar-refractivity contribution >= 4 is 35.0 Å². The summed E-state index contributed by atoms with van der Waals surface area (Å²) in [5.41, 5.74) is 1.99. The van der Waals surface area contributed by atoms with E-state index < -0.39 is 6.04 Å². The molecule has 1 atom stereocenters. The number of hydrogen-bond donors (Lipinski definition) is 1. The lowest BCUT2D eigenvalue weighted by Gasteiger charge is -2.29. The molecule has 1 fully saturated rings. The molecule has 1 aliphatic rings. The van der Waals surface area contributed by atoms with E-state index in [1.54, 1.807) is 19.1 Å². The summed E-state index contributed by atoms with van der Waals surface area (Å²) in [6, 6.07) is 12.5. The standard InChI is InChI=1S/C26H32Cl2N2O3/c1-17(2)20-9-11-22(12-10-20)33-16-25(31)30(15-19-8-13-23(27)24(28)14-19)18(3)26(32)29-21-6-4-5-7-21/h8-14,17-18,21H,4-7,15-16H2,1-3H3,(H,29,32)/t18-/m0/s1. The third-order valence-corrected chi connectivity index (χ3v) is 6.85. The molecule has 178 valence electrons. The Morgan fingerprint density at radius 3 is 2.30 bits per heavy atom. The van der Waals surface area contributed by atoms with Crippen LogP contribution in [0, 0.1) is 0 Å². The summed E-state index contributed by atoms with van der Waals surface area (Å²) in [5.74, 6) is 0.603. The zero-order valence-electron chi connectivity index (χ0n) is 19.4. The maximum Gasteiger partial charge on any atom is 0.261 e. The average molecular weight is 491 g/mol. The van der Waals surface area contributed by atoms with Crippen molar-refractivity contribution in [2.24, 2.45) is 0 Å². The van der Waals surface area contributed by atoms with Gasteiger partial charge in [-0.2, -0.15) is 0 Å². The number of nitrogens with zero attached hydrogens (tertiary/aromatic N) is 1. The topological polar surface area (TPSA) is 58.6 Å². The third kappa shape index (κ3) is 7.12. The first-order valence-corrected chi connectivity index (χ1v) is 12.3. The van der Waals surface area contributed by atoms with Gasteiger partial charge in [0.25, 0.3) is 5.91 Å². The predicted octanol–water partition coefficient (Wildman–Crippen LogP) is 5.97. The number of carbonyl (C=O) groups is 2. The van der Waals surface area contributed by atoms with Crippen molar-refractivity contribution in [2.75, 3.05) is 6.61 Å². The van der Waals surface area contributed by atoms with Gasteiger partial charge in [-0.3, -0.25) is 9.59 Å². The lowest BCUT2D eigenvalue weighted by Crippen LogP contribution is -2.50. The van der Waals surface area contributed by atoms with Crippen LogP contribution in [0.3, 0.4) is 0 Å². The molecular formula is C26H32Cl2N2O3. The van der Waals surface area contributed by atoms with E-state index in [9.17, 15) is 9.59 Å². The van der Waals surface area contributed by atoms with Crippen LogP contribution >= 0.6 is 23.2 Å². The Morgan fingerprint density at radius 2 is 1.70 bits per heavy atom. The van der Waals surface area contributed by atoms with Crippen LogP contribution in [-0.2, 0) is 16.1 Å². The van der Waals surface area contributed by atoms with E-state index in [-0.39, 0.29) is 31.0 Å². The fourth-order valence-corrected chi connectivity index (χ4v) is 4.31. The number of amides is 2. The van der Waals surface area contributed by atoms with Crippen molar-refractivity contribution < 1.29 is 14.3 Å². The van der Waals surface area contributed by atoms with E-state index in [2.05, 4.69) is 19.2 Å². The van der Waals surface area contributed by atoms with Gasteiger partial charge in [-0.1, -0.05) is 68.1 Å². The van der Waals surface area contributed by atoms with E-state index in [0.29, 0.717) is 21.7 Å². The number of halogens is 2. The predicted molar refractivity (Wildman–Crippen MR) is 133 cm³/mol. The summed E-state index contributed by atoms with van der Waals surface area (Å²) in [4.78, 5) is 27.7. The molecule has 0 aromatic heterocycles. The van der Waals surface area contributed by atoms with Gasteiger partial charge >= 0.3 is 0 Å². The molecule has 2 aromatic rings. The van der Waals surface area contributed by atoms with Crippen LogP contribution < -0.4 is 10.1 Å². The third-order valence-electron chi connectivity index (χ3n) is 6.11. The normalized spacial score (nSPS) is 14.8. The zero-order chi connectivity index (χ0) is 24.0. The van der Waals surface area contributed by atoms with Crippen LogP contribution in [0.5, 0.6) is 5.75 Å². The Bertz CT molecular complexity index is 957. The molecule has 1 N–H and O–H groups in total. The average Bonchev–Trinajstić information content (AvgIpc) is 3.31. The Labute approximate surface area is 206 Å². The highest BCUT2D eigenvalue weighted by molar-refractivity contribution is 6.42. The minimum absolute atomic E-state index is 0.156. The van der Waals surface area contributed by atoms with Gasteiger partial charge in [-0.15, -0.1) is 0 Å². The highest BCUT2D eigenvalue weighted by Gasteiger charge is 2.29. The second-order valence-corrected chi connectivity index (χ2v) is 9.76. The summed E-state index contributed by atoms with van der Waals surface area (Å²) >= 11 is 12.2. The molecule has 0 spiro atoms. The van der Waals surface area contributed by atoms with Gasteiger partial charge in [0.05, 0.1) is 10.0 Å². The molecule has 2 amide bonds. The molecule has 5 nitrogen and oxygen atoms in total. The van der Waals surface area contributed by atoms with Gasteiger partial charge in [-0.05, 0) is 61.1 Å². The van der Waals surface area contributed by atoms with Crippen molar-refractivity contribution in [1.82, 2.24) is 10.2 Å². The Hall–Kier alpha value is -2.24. The van der Waals surface area contributed by atoms with E-state index in [4.69, 9.17) is 27.9 Å². The van der Waals surface area contributed by atoms with Crippen LogP contribution in [0.2, 0.25) is 10.0 Å². The minimum Gasteiger partial charge on any atom is -0.484 e. The lowest BCUT2D eigenvalue weighted by molar-refractivity contribution is -0.142. The first-order valence-electron chi connectivity index (χ1n) is 11.5. The number of rotatable bonds is 9. The van der Waals surface area contributed by atoms with E-state index in [0.717, 1.165) is 31.2 Å². The van der Waals surface area contributed by atoms with Gasteiger partial charge in [0.15, 0.2) is 6.61 Å². The molecule has 1 aliphatic carbocycles. The minimum atomic E-state index is -0.653. The lowest BCUT2D eigenvalue weighted by atomic mass is 10.0. The van der Waals surface area contributed by atoms with Gasteiger partial charge in [-0.25, -0.2) is 0 Å². The van der Waals surface area contributed by atoms with E-state index in [1.165, 1.54) is 10.5 Å². The molecule has 0 heterocycles. The molecule has 0 saturated heterocycles.